The van der Waals surface area contributed by atoms with Gasteiger partial charge in [-0.15, -0.1) is 0 Å². The Bertz CT molecular complexity index is 816. The molecule has 2 saturated heterocycles. The van der Waals surface area contributed by atoms with Crippen molar-refractivity contribution in [1.82, 2.24) is 15.3 Å². The fraction of sp³-hybridized carbons (Fsp3) is 0.700. The minimum atomic E-state index is -5.10. The third kappa shape index (κ3) is 2.71. The third-order valence-corrected chi connectivity index (χ3v) is 5.15. The van der Waals surface area contributed by atoms with Crippen LogP contribution < -0.4 is 21.8 Å². The summed E-state index contributed by atoms with van der Waals surface area (Å²) >= 11 is 0. The molecule has 0 aliphatic carbocycles. The number of carbonyl (C=O) groups excluding carboxylic acids is 1. The first-order chi connectivity index (χ1) is 12.3. The van der Waals surface area contributed by atoms with Crippen molar-refractivity contribution < 1.29 is 47.1 Å². The van der Waals surface area contributed by atoms with Crippen molar-refractivity contribution in [3.63, 3.8) is 0 Å². The summed E-state index contributed by atoms with van der Waals surface area (Å²) in [4.78, 5) is 14.4. The van der Waals surface area contributed by atoms with E-state index in [0.717, 1.165) is 4.90 Å². The molecule has 1 spiro atoms. The van der Waals surface area contributed by atoms with Crippen LogP contribution in [0.2, 0.25) is 0 Å². The quantitative estimate of drug-likeness (QED) is 0.154. The lowest BCUT2D eigenvalue weighted by molar-refractivity contribution is -0.534. The SMILES string of the molecule is N=C1N(O)[C@@H](COC(N)=O)[C@@H]2[NH+]=C(N)N[C@]23N1C[C@@H](OS(=O)(=O)O)C3(O)O. The molecule has 3 aliphatic heterocycles. The van der Waals surface area contributed by atoms with E-state index in [1.54, 1.807) is 0 Å². The predicted molar refractivity (Wildman–Crippen MR) is 80.8 cm³/mol. The highest BCUT2D eigenvalue weighted by molar-refractivity contribution is 7.80. The van der Waals surface area contributed by atoms with E-state index in [9.17, 15) is 28.6 Å². The number of hydrogen-bond donors (Lipinski definition) is 9. The molecule has 0 saturated carbocycles. The van der Waals surface area contributed by atoms with E-state index in [4.69, 9.17) is 21.4 Å². The van der Waals surface area contributed by atoms with Crippen LogP contribution in [0, 0.1) is 5.41 Å². The summed E-state index contributed by atoms with van der Waals surface area (Å²) in [6.45, 7) is -1.24. The number of hydrogen-bond acceptors (Lipinski definition) is 11. The van der Waals surface area contributed by atoms with Crippen molar-refractivity contribution in [1.29, 1.82) is 5.41 Å². The summed E-state index contributed by atoms with van der Waals surface area (Å²) < 4.78 is 40.0. The molecule has 152 valence electrons. The summed E-state index contributed by atoms with van der Waals surface area (Å²) in [6, 6.07) is -2.56. The molecule has 3 heterocycles. The molecule has 0 bridgehead atoms. The van der Waals surface area contributed by atoms with Gasteiger partial charge < -0.3 is 20.7 Å². The first kappa shape index (κ1) is 19.3. The number of rotatable bonds is 4. The van der Waals surface area contributed by atoms with Crippen molar-refractivity contribution in [2.75, 3.05) is 13.2 Å². The summed E-state index contributed by atoms with van der Waals surface area (Å²) in [7, 11) is -5.10. The van der Waals surface area contributed by atoms with Gasteiger partial charge in [-0.1, -0.05) is 0 Å². The van der Waals surface area contributed by atoms with Crippen LogP contribution in [0.5, 0.6) is 0 Å². The number of ether oxygens (including phenoxy) is 1. The molecule has 0 aromatic carbocycles. The van der Waals surface area contributed by atoms with E-state index in [1.807, 2.05) is 0 Å². The van der Waals surface area contributed by atoms with Crippen molar-refractivity contribution >= 4 is 28.4 Å². The topological polar surface area (TPSA) is 259 Å². The molecule has 17 heteroatoms. The Hall–Kier alpha value is -2.44. The van der Waals surface area contributed by atoms with Gasteiger partial charge in [0.05, 0.1) is 6.54 Å². The first-order valence-electron chi connectivity index (χ1n) is 7.35. The maximum atomic E-state index is 11.1. The molecular weight excluding hydrogens is 394 g/mol. The van der Waals surface area contributed by atoms with E-state index < -0.39 is 65.2 Å². The minimum absolute atomic E-state index is 0.211. The molecular formula is C10H18N7O9S+. The average molecular weight is 412 g/mol. The summed E-state index contributed by atoms with van der Waals surface area (Å²) in [5.41, 5.74) is 8.46. The van der Waals surface area contributed by atoms with Gasteiger partial charge in [-0.2, -0.15) is 8.42 Å². The van der Waals surface area contributed by atoms with E-state index in [2.05, 4.69) is 19.2 Å². The standard InChI is InChI=1S/C10H17N7O9S/c11-6-14-5-3(2-25-8(13)18)17(21)7(12)16-1-4(26-27(22,23)24)10(19,20)9(5,16)15-6/h3-5,12,19-21H,1-2H2,(H2,13,18)(H3,11,14,15)(H,22,23,24)/p+1/t3-,4+,5-,9-/m0/s1. The molecule has 4 atom stereocenters. The van der Waals surface area contributed by atoms with Crippen molar-refractivity contribution in [3.05, 3.63) is 0 Å². The zero-order chi connectivity index (χ0) is 20.4. The smallest absolute Gasteiger partial charge is 0.404 e. The molecule has 0 aromatic rings. The third-order valence-electron chi connectivity index (χ3n) is 4.68. The maximum Gasteiger partial charge on any atom is 0.404 e. The number of aliphatic hydroxyl groups is 2. The van der Waals surface area contributed by atoms with Crippen LogP contribution in [-0.2, 0) is 19.3 Å². The zero-order valence-corrected chi connectivity index (χ0v) is 14.3. The highest BCUT2D eigenvalue weighted by atomic mass is 32.3. The minimum Gasteiger partial charge on any atom is -0.447 e. The van der Waals surface area contributed by atoms with E-state index >= 15 is 0 Å². The number of nitrogens with two attached hydrogens (primary N) is 2. The van der Waals surface area contributed by atoms with Gasteiger partial charge in [-0.25, -0.2) is 19.4 Å². The van der Waals surface area contributed by atoms with E-state index in [1.165, 1.54) is 0 Å². The van der Waals surface area contributed by atoms with Crippen molar-refractivity contribution in [3.8, 4) is 0 Å². The Labute approximate surface area is 151 Å². The number of nitrogens with zero attached hydrogens (tertiary/aromatic N) is 2. The maximum absolute atomic E-state index is 11.1. The average Bonchev–Trinajstić information content (AvgIpc) is 2.96. The number of guanidine groups is 2. The van der Waals surface area contributed by atoms with Gasteiger partial charge >= 0.3 is 22.5 Å². The summed E-state index contributed by atoms with van der Waals surface area (Å²) in [5.74, 6) is -3.99. The Morgan fingerprint density at radius 3 is 2.67 bits per heavy atom. The molecule has 16 nitrogen and oxygen atoms in total. The summed E-state index contributed by atoms with van der Waals surface area (Å²) in [5, 5.41) is 42.6. The molecule has 0 aromatic heterocycles. The Kier molecular flexibility index (Phi) is 4.13. The van der Waals surface area contributed by atoms with Crippen molar-refractivity contribution in [2.45, 2.75) is 29.6 Å². The van der Waals surface area contributed by atoms with E-state index in [0.29, 0.717) is 5.06 Å². The highest BCUT2D eigenvalue weighted by Crippen LogP contribution is 2.43. The lowest BCUT2D eigenvalue weighted by atomic mass is 9.85. The zero-order valence-electron chi connectivity index (χ0n) is 13.4. The molecule has 27 heavy (non-hydrogen) atoms. The molecule has 3 rings (SSSR count). The number of primary amides is 1. The van der Waals surface area contributed by atoms with Crippen LogP contribution in [0.25, 0.3) is 0 Å². The molecule has 2 fully saturated rings. The molecule has 11 N–H and O–H groups in total. The number of carbonyl (C=O) groups is 1. The van der Waals surface area contributed by atoms with Gasteiger partial charge in [0.2, 0.25) is 5.96 Å². The van der Waals surface area contributed by atoms with Gasteiger partial charge in [0.1, 0.15) is 12.6 Å². The molecule has 0 radical (unpaired) electrons. The summed E-state index contributed by atoms with van der Waals surface area (Å²) in [6.07, 6.45) is -3.16. The van der Waals surface area contributed by atoms with Crippen LogP contribution in [0.1, 0.15) is 0 Å². The Morgan fingerprint density at radius 1 is 1.48 bits per heavy atom. The van der Waals surface area contributed by atoms with Gasteiger partial charge in [0, 0.05) is 0 Å². The van der Waals surface area contributed by atoms with Gasteiger partial charge in [0.25, 0.3) is 11.4 Å². The lowest BCUT2D eigenvalue weighted by Crippen LogP contribution is -2.92. The monoisotopic (exact) mass is 412 g/mol. The fourth-order valence-electron chi connectivity index (χ4n) is 3.66. The van der Waals surface area contributed by atoms with Gasteiger partial charge in [-0.05, 0) is 0 Å². The largest absolute Gasteiger partial charge is 0.447 e. The van der Waals surface area contributed by atoms with Crippen LogP contribution in [0.15, 0.2) is 0 Å². The van der Waals surface area contributed by atoms with Crippen LogP contribution in [0.3, 0.4) is 0 Å². The second-order valence-electron chi connectivity index (χ2n) is 6.14. The normalized spacial score (nSPS) is 34.6. The molecule has 0 unspecified atom stereocenters. The number of hydroxylamine groups is 2. The number of amides is 1. The van der Waals surface area contributed by atoms with E-state index in [-0.39, 0.29) is 5.96 Å². The first-order valence-corrected chi connectivity index (χ1v) is 8.72. The predicted octanol–water partition coefficient (Wildman–Crippen LogP) is -6.66. The fourth-order valence-corrected chi connectivity index (χ4v) is 4.15. The lowest BCUT2D eigenvalue weighted by Gasteiger charge is -2.50. The second kappa shape index (κ2) is 5.78. The van der Waals surface area contributed by atoms with Crippen LogP contribution in [-0.4, -0.2) is 99.2 Å². The van der Waals surface area contributed by atoms with Crippen LogP contribution in [0.4, 0.5) is 4.79 Å². The molecule has 3 aliphatic rings. The van der Waals surface area contributed by atoms with Gasteiger partial charge in [-0.3, -0.25) is 30.8 Å². The van der Waals surface area contributed by atoms with Gasteiger partial charge in [0.15, 0.2) is 12.1 Å². The Balaban J connectivity index is 2.07. The van der Waals surface area contributed by atoms with Crippen LogP contribution >= 0.6 is 0 Å². The second-order valence-corrected chi connectivity index (χ2v) is 7.19. The number of nitrogens with one attached hydrogen (secondary N) is 3. The van der Waals surface area contributed by atoms with Crippen molar-refractivity contribution in [2.24, 2.45) is 11.5 Å². The Morgan fingerprint density at radius 2 is 2.11 bits per heavy atom. The molecule has 1 amide bonds. The highest BCUT2D eigenvalue weighted by Gasteiger charge is 2.78.